The van der Waals surface area contributed by atoms with Crippen molar-refractivity contribution < 1.29 is 17.4 Å². The highest BCUT2D eigenvalue weighted by molar-refractivity contribution is 7.87. The van der Waals surface area contributed by atoms with Crippen LogP contribution in [0.1, 0.15) is 11.6 Å². The minimum Gasteiger partial charge on any atom is -0.267 e. The average molecular weight is 352 g/mol. The Balaban J connectivity index is 1.81. The summed E-state index contributed by atoms with van der Waals surface area (Å²) < 4.78 is 29.6. The van der Waals surface area contributed by atoms with Gasteiger partial charge in [-0.15, -0.1) is 0 Å². The van der Waals surface area contributed by atoms with E-state index in [9.17, 15) is 8.42 Å². The first-order valence-electron chi connectivity index (χ1n) is 7.21. The van der Waals surface area contributed by atoms with Crippen molar-refractivity contribution in [1.29, 1.82) is 0 Å². The average Bonchev–Trinajstić information content (AvgIpc) is 3.07. The van der Waals surface area contributed by atoms with E-state index in [0.717, 1.165) is 11.3 Å². The van der Waals surface area contributed by atoms with Crippen molar-refractivity contribution >= 4 is 27.4 Å². The van der Waals surface area contributed by atoms with Gasteiger partial charge in [-0.3, -0.25) is 9.02 Å². The highest BCUT2D eigenvalue weighted by atomic mass is 35.5. The second kappa shape index (κ2) is 5.49. The lowest BCUT2D eigenvalue weighted by Crippen LogP contribution is -2.31. The van der Waals surface area contributed by atoms with Crippen LogP contribution < -0.4 is 5.06 Å². The molecule has 4 rings (SSSR count). The van der Waals surface area contributed by atoms with Crippen LogP contribution in [0.5, 0.6) is 0 Å². The van der Waals surface area contributed by atoms with Gasteiger partial charge in [-0.05, 0) is 29.8 Å². The molecule has 2 fully saturated rings. The number of hydrogen-bond acceptors (Lipinski definition) is 5. The van der Waals surface area contributed by atoms with Gasteiger partial charge in [0.25, 0.3) is 10.1 Å². The van der Waals surface area contributed by atoms with E-state index in [-0.39, 0.29) is 6.61 Å². The Morgan fingerprint density at radius 2 is 1.74 bits per heavy atom. The Labute approximate surface area is 139 Å². The molecule has 2 aromatic carbocycles. The number of nitrogens with zero attached hydrogens (tertiary/aromatic N) is 1. The maximum absolute atomic E-state index is 12.3. The van der Waals surface area contributed by atoms with E-state index >= 15 is 0 Å². The lowest BCUT2D eigenvalue weighted by atomic mass is 10.0. The van der Waals surface area contributed by atoms with Crippen LogP contribution in [-0.2, 0) is 19.1 Å². The molecule has 2 aliphatic rings. The molecule has 23 heavy (non-hydrogen) atoms. The lowest BCUT2D eigenvalue weighted by Gasteiger charge is -2.27. The molecule has 2 saturated heterocycles. The smallest absolute Gasteiger partial charge is 0.267 e. The van der Waals surface area contributed by atoms with Crippen LogP contribution in [0.25, 0.3) is 0 Å². The van der Waals surface area contributed by atoms with E-state index in [1.54, 1.807) is 17.2 Å². The first-order valence-corrected chi connectivity index (χ1v) is 9.06. The van der Waals surface area contributed by atoms with E-state index in [0.29, 0.717) is 5.02 Å². The zero-order chi connectivity index (χ0) is 16.0. The van der Waals surface area contributed by atoms with E-state index < -0.39 is 27.5 Å². The van der Waals surface area contributed by atoms with Crippen LogP contribution in [0.3, 0.4) is 0 Å². The van der Waals surface area contributed by atoms with Gasteiger partial charge >= 0.3 is 0 Å². The van der Waals surface area contributed by atoms with Gasteiger partial charge in [-0.25, -0.2) is 5.06 Å². The summed E-state index contributed by atoms with van der Waals surface area (Å²) >= 11 is 5.94. The fourth-order valence-corrected chi connectivity index (χ4v) is 4.79. The van der Waals surface area contributed by atoms with Crippen LogP contribution in [-0.4, -0.2) is 26.4 Å². The van der Waals surface area contributed by atoms with Crippen LogP contribution >= 0.6 is 11.6 Å². The number of fused-ring (bicyclic) bond motifs is 1. The van der Waals surface area contributed by atoms with Gasteiger partial charge in [0, 0.05) is 5.02 Å². The molecule has 0 unspecified atom stereocenters. The minimum absolute atomic E-state index is 0.0421. The van der Waals surface area contributed by atoms with Crippen molar-refractivity contribution in [3.8, 4) is 0 Å². The molecule has 120 valence electrons. The molecule has 0 radical (unpaired) electrons. The minimum atomic E-state index is -3.66. The zero-order valence-corrected chi connectivity index (χ0v) is 13.6. The number of halogens is 1. The third-order valence-electron chi connectivity index (χ3n) is 4.13. The van der Waals surface area contributed by atoms with Crippen LogP contribution in [0, 0.1) is 0 Å². The third-order valence-corrected chi connectivity index (χ3v) is 6.08. The molecule has 0 saturated carbocycles. The first-order chi connectivity index (χ1) is 11.1. The van der Waals surface area contributed by atoms with Crippen molar-refractivity contribution in [3.63, 3.8) is 0 Å². The predicted molar refractivity (Wildman–Crippen MR) is 86.6 cm³/mol. The van der Waals surface area contributed by atoms with Crippen LogP contribution in [0.2, 0.25) is 5.02 Å². The summed E-state index contributed by atoms with van der Waals surface area (Å²) in [5, 5.41) is 1.52. The maximum Gasteiger partial charge on any atom is 0.275 e. The Bertz CT molecular complexity index is 810. The summed E-state index contributed by atoms with van der Waals surface area (Å²) in [6, 6.07) is 16.1. The Morgan fingerprint density at radius 1 is 1.04 bits per heavy atom. The number of rotatable bonds is 2. The van der Waals surface area contributed by atoms with Crippen molar-refractivity contribution in [1.82, 2.24) is 0 Å². The topological polar surface area (TPSA) is 55.8 Å². The number of benzene rings is 2. The highest BCUT2D eigenvalue weighted by Crippen LogP contribution is 2.45. The van der Waals surface area contributed by atoms with E-state index in [2.05, 4.69) is 0 Å². The van der Waals surface area contributed by atoms with Crippen molar-refractivity contribution in [2.75, 3.05) is 11.7 Å². The van der Waals surface area contributed by atoms with Gasteiger partial charge in [0.2, 0.25) is 0 Å². The molecule has 2 aliphatic heterocycles. The molecule has 2 aromatic rings. The quantitative estimate of drug-likeness (QED) is 0.779. The normalized spacial score (nSPS) is 28.7. The third kappa shape index (κ3) is 2.52. The Hall–Kier alpha value is -1.60. The second-order valence-corrected chi connectivity index (χ2v) is 7.75. The summed E-state index contributed by atoms with van der Waals surface area (Å²) in [6.07, 6.45) is -0.513. The van der Waals surface area contributed by atoms with Crippen molar-refractivity contribution in [2.45, 2.75) is 17.4 Å². The molecule has 0 N–H and O–H groups in total. The van der Waals surface area contributed by atoms with Gasteiger partial charge in [-0.1, -0.05) is 41.9 Å². The van der Waals surface area contributed by atoms with Gasteiger partial charge in [0.1, 0.15) is 17.4 Å². The Morgan fingerprint density at radius 3 is 2.43 bits per heavy atom. The molecule has 0 spiro atoms. The Kier molecular flexibility index (Phi) is 3.57. The van der Waals surface area contributed by atoms with Gasteiger partial charge in [0.05, 0.1) is 12.3 Å². The molecule has 0 aromatic heterocycles. The molecule has 0 aliphatic carbocycles. The molecule has 5 nitrogen and oxygen atoms in total. The van der Waals surface area contributed by atoms with Gasteiger partial charge in [-0.2, -0.15) is 8.42 Å². The molecule has 2 heterocycles. The fraction of sp³-hybridized carbons (Fsp3) is 0.250. The highest BCUT2D eigenvalue weighted by Gasteiger charge is 2.56. The largest absolute Gasteiger partial charge is 0.275 e. The summed E-state index contributed by atoms with van der Waals surface area (Å²) in [4.78, 5) is 5.90. The predicted octanol–water partition coefficient (Wildman–Crippen LogP) is 2.93. The second-order valence-electron chi connectivity index (χ2n) is 5.54. The van der Waals surface area contributed by atoms with Crippen LogP contribution in [0.4, 0.5) is 5.69 Å². The summed E-state index contributed by atoms with van der Waals surface area (Å²) in [5.74, 6) is 0. The number of hydroxylamine groups is 1. The lowest BCUT2D eigenvalue weighted by molar-refractivity contribution is 0.0640. The van der Waals surface area contributed by atoms with E-state index in [4.69, 9.17) is 20.6 Å². The van der Waals surface area contributed by atoms with Crippen LogP contribution in [0.15, 0.2) is 54.6 Å². The molecule has 7 heteroatoms. The molecular formula is C16H14ClNO4S. The molecule has 0 bridgehead atoms. The first kappa shape index (κ1) is 15.0. The fourth-order valence-electron chi connectivity index (χ4n) is 3.10. The number of anilines is 1. The van der Waals surface area contributed by atoms with Crippen molar-refractivity contribution in [2.24, 2.45) is 0 Å². The summed E-state index contributed by atoms with van der Waals surface area (Å²) in [6.45, 7) is 0.0421. The van der Waals surface area contributed by atoms with Gasteiger partial charge in [0.15, 0.2) is 0 Å². The SMILES string of the molecule is O=S1(=O)OC[C@H]2ON(c3ccc(Cl)cc3)[C@@H](c3ccccc3)[C@H]21. The summed E-state index contributed by atoms with van der Waals surface area (Å²) in [7, 11) is -3.66. The van der Waals surface area contributed by atoms with Crippen molar-refractivity contribution in [3.05, 3.63) is 65.2 Å². The van der Waals surface area contributed by atoms with Gasteiger partial charge < -0.3 is 0 Å². The molecule has 3 atom stereocenters. The maximum atomic E-state index is 12.3. The number of hydrogen-bond donors (Lipinski definition) is 0. The zero-order valence-electron chi connectivity index (χ0n) is 12.0. The van der Waals surface area contributed by atoms with E-state index in [1.165, 1.54) is 0 Å². The standard InChI is InChI=1S/C16H14ClNO4S/c17-12-6-8-13(9-7-12)18-15(11-4-2-1-3-5-11)16-14(22-18)10-21-23(16,19)20/h1-9,14-16H,10H2/t14-,15+,16+/m1/s1. The molecule has 0 amide bonds. The van der Waals surface area contributed by atoms with E-state index in [1.807, 2.05) is 42.5 Å². The molecular weight excluding hydrogens is 338 g/mol. The monoisotopic (exact) mass is 351 g/mol. The summed E-state index contributed by atoms with van der Waals surface area (Å²) in [5.41, 5.74) is 1.62.